The Hall–Kier alpha value is -3.30. The van der Waals surface area contributed by atoms with Crippen LogP contribution in [0.5, 0.6) is 5.75 Å². The molecule has 0 bridgehead atoms. The Balaban J connectivity index is 1.40. The second-order valence-corrected chi connectivity index (χ2v) is 9.89. The van der Waals surface area contributed by atoms with E-state index in [4.69, 9.17) is 16.3 Å². The van der Waals surface area contributed by atoms with Gasteiger partial charge >= 0.3 is 5.97 Å². The molecule has 2 aliphatic rings. The summed E-state index contributed by atoms with van der Waals surface area (Å²) in [5.74, 6) is -2.90. The minimum absolute atomic E-state index is 0.0530. The van der Waals surface area contributed by atoms with Gasteiger partial charge in [0.1, 0.15) is 5.75 Å². The van der Waals surface area contributed by atoms with Crippen LogP contribution in [0.25, 0.3) is 0 Å². The fraction of sp³-hybridized carbons (Fsp3) is 0.280. The number of nitrogens with one attached hydrogen (secondary N) is 1. The van der Waals surface area contributed by atoms with Crippen molar-refractivity contribution in [3.63, 3.8) is 0 Å². The molecule has 0 aromatic heterocycles. The van der Waals surface area contributed by atoms with Crippen LogP contribution in [0, 0.1) is 11.8 Å². The molecule has 1 aliphatic carbocycles. The van der Waals surface area contributed by atoms with Crippen molar-refractivity contribution in [2.75, 3.05) is 17.3 Å². The molecular weight excluding hydrogens is 492 g/mol. The minimum atomic E-state index is -0.983. The topological polar surface area (TPSA) is 113 Å². The van der Waals surface area contributed by atoms with E-state index in [0.717, 1.165) is 9.80 Å². The number of aliphatic carboxylic acids is 1. The van der Waals surface area contributed by atoms with Crippen LogP contribution in [0.4, 0.5) is 11.4 Å². The average molecular weight is 515 g/mol. The number of imide groups is 1. The summed E-state index contributed by atoms with van der Waals surface area (Å²) in [7, 11) is 1.48. The first kappa shape index (κ1) is 24.8. The second-order valence-electron chi connectivity index (χ2n) is 8.20. The van der Waals surface area contributed by atoms with E-state index >= 15 is 0 Å². The molecule has 1 saturated heterocycles. The van der Waals surface area contributed by atoms with Gasteiger partial charge in [-0.05, 0) is 55.3 Å². The van der Waals surface area contributed by atoms with Crippen LogP contribution in [0.3, 0.4) is 0 Å². The standard InChI is InChI=1S/C25H23ClN2O6S/c1-34-20-11-8-15(12-19(20)26)28-22(29)13-21(24(28)31)35-16-9-6-14(7-10-16)27-23(30)17-4-2-3-5-18(17)25(32)33/h2-3,6-12,17-18,21H,4-5,13H2,1H3,(H,27,30)(H,32,33)/t17-,18-,21-/m0/s1. The van der Waals surface area contributed by atoms with E-state index < -0.39 is 23.1 Å². The number of anilines is 2. The van der Waals surface area contributed by atoms with Gasteiger partial charge in [-0.15, -0.1) is 11.8 Å². The zero-order chi connectivity index (χ0) is 25.1. The van der Waals surface area contributed by atoms with Gasteiger partial charge < -0.3 is 15.2 Å². The molecule has 0 radical (unpaired) electrons. The highest BCUT2D eigenvalue weighted by molar-refractivity contribution is 8.00. The number of carboxylic acids is 1. The Kier molecular flexibility index (Phi) is 7.47. The van der Waals surface area contributed by atoms with Crippen molar-refractivity contribution in [2.45, 2.75) is 29.4 Å². The highest BCUT2D eigenvalue weighted by atomic mass is 35.5. The SMILES string of the molecule is COc1ccc(N2C(=O)C[C@H](Sc3ccc(NC(=O)[C@H]4CC=CC[C@@H]4C(=O)O)cc3)C2=O)cc1Cl. The number of allylic oxidation sites excluding steroid dienone is 2. The fourth-order valence-electron chi connectivity index (χ4n) is 4.15. The van der Waals surface area contributed by atoms with Crippen molar-refractivity contribution < 1.29 is 29.0 Å². The number of benzene rings is 2. The third-order valence-electron chi connectivity index (χ3n) is 5.99. The van der Waals surface area contributed by atoms with Crippen molar-refractivity contribution in [1.82, 2.24) is 0 Å². The number of thioether (sulfide) groups is 1. The van der Waals surface area contributed by atoms with Gasteiger partial charge in [-0.2, -0.15) is 0 Å². The van der Waals surface area contributed by atoms with Gasteiger partial charge in [0, 0.05) is 17.0 Å². The smallest absolute Gasteiger partial charge is 0.307 e. The maximum Gasteiger partial charge on any atom is 0.307 e. The monoisotopic (exact) mass is 514 g/mol. The lowest BCUT2D eigenvalue weighted by molar-refractivity contribution is -0.146. The number of hydrogen-bond acceptors (Lipinski definition) is 6. The van der Waals surface area contributed by atoms with Crippen LogP contribution in [0.1, 0.15) is 19.3 Å². The average Bonchev–Trinajstić information content (AvgIpc) is 3.12. The second kappa shape index (κ2) is 10.5. The Morgan fingerprint density at radius 1 is 1.09 bits per heavy atom. The number of amides is 3. The van der Waals surface area contributed by atoms with Crippen LogP contribution < -0.4 is 15.0 Å². The molecule has 2 aromatic carbocycles. The molecule has 35 heavy (non-hydrogen) atoms. The Bertz CT molecular complexity index is 1200. The zero-order valence-electron chi connectivity index (χ0n) is 18.8. The van der Waals surface area contributed by atoms with Crippen molar-refractivity contribution in [1.29, 1.82) is 0 Å². The third-order valence-corrected chi connectivity index (χ3v) is 7.48. The first-order chi connectivity index (χ1) is 16.8. The third kappa shape index (κ3) is 5.36. The summed E-state index contributed by atoms with van der Waals surface area (Å²) in [6.45, 7) is 0. The van der Waals surface area contributed by atoms with E-state index in [-0.39, 0.29) is 24.1 Å². The van der Waals surface area contributed by atoms with Gasteiger partial charge in [0.15, 0.2) is 0 Å². The molecule has 8 nitrogen and oxygen atoms in total. The molecule has 3 atom stereocenters. The number of rotatable bonds is 7. The zero-order valence-corrected chi connectivity index (χ0v) is 20.3. The summed E-state index contributed by atoms with van der Waals surface area (Å²) in [6.07, 6.45) is 4.37. The molecule has 1 aliphatic heterocycles. The van der Waals surface area contributed by atoms with E-state index in [9.17, 15) is 24.3 Å². The molecule has 4 rings (SSSR count). The molecule has 0 saturated carbocycles. The lowest BCUT2D eigenvalue weighted by Crippen LogP contribution is -2.34. The van der Waals surface area contributed by atoms with E-state index in [2.05, 4.69) is 5.32 Å². The number of carboxylic acid groups (broad SMARTS) is 1. The molecule has 3 amide bonds. The largest absolute Gasteiger partial charge is 0.495 e. The molecule has 1 fully saturated rings. The normalized spacial score (nSPS) is 21.8. The number of carbonyl (C=O) groups is 4. The van der Waals surface area contributed by atoms with Gasteiger partial charge in [0.25, 0.3) is 0 Å². The van der Waals surface area contributed by atoms with E-state index in [1.54, 1.807) is 42.5 Å². The number of nitrogens with zero attached hydrogens (tertiary/aromatic N) is 1. The Morgan fingerprint density at radius 3 is 2.40 bits per heavy atom. The van der Waals surface area contributed by atoms with Gasteiger partial charge in [0.05, 0.1) is 34.9 Å². The van der Waals surface area contributed by atoms with Crippen molar-refractivity contribution >= 4 is 58.4 Å². The van der Waals surface area contributed by atoms with Crippen LogP contribution in [0.2, 0.25) is 5.02 Å². The van der Waals surface area contributed by atoms with Crippen LogP contribution in [-0.4, -0.2) is 41.2 Å². The Morgan fingerprint density at radius 2 is 1.77 bits per heavy atom. The van der Waals surface area contributed by atoms with E-state index in [1.807, 2.05) is 6.08 Å². The summed E-state index contributed by atoms with van der Waals surface area (Å²) in [4.78, 5) is 51.5. The highest BCUT2D eigenvalue weighted by Gasteiger charge is 2.40. The van der Waals surface area contributed by atoms with Crippen molar-refractivity contribution in [3.8, 4) is 5.75 Å². The molecule has 0 spiro atoms. The number of methoxy groups -OCH3 is 1. The number of ether oxygens (including phenoxy) is 1. The van der Waals surface area contributed by atoms with Crippen LogP contribution in [0.15, 0.2) is 59.5 Å². The van der Waals surface area contributed by atoms with Crippen molar-refractivity contribution in [3.05, 3.63) is 59.6 Å². The first-order valence-corrected chi connectivity index (χ1v) is 12.2. The summed E-state index contributed by atoms with van der Waals surface area (Å²) < 4.78 is 5.12. The molecule has 182 valence electrons. The fourth-order valence-corrected chi connectivity index (χ4v) is 5.46. The maximum atomic E-state index is 13.0. The van der Waals surface area contributed by atoms with E-state index in [1.165, 1.54) is 24.9 Å². The molecule has 0 unspecified atom stereocenters. The van der Waals surface area contributed by atoms with Crippen LogP contribution >= 0.6 is 23.4 Å². The number of halogens is 1. The summed E-state index contributed by atoms with van der Waals surface area (Å²) in [5.41, 5.74) is 0.922. The number of hydrogen-bond donors (Lipinski definition) is 2. The molecule has 1 heterocycles. The van der Waals surface area contributed by atoms with Crippen molar-refractivity contribution in [2.24, 2.45) is 11.8 Å². The predicted octanol–water partition coefficient (Wildman–Crippen LogP) is 4.38. The van der Waals surface area contributed by atoms with Gasteiger partial charge in [-0.3, -0.25) is 19.2 Å². The van der Waals surface area contributed by atoms with Crippen LogP contribution in [-0.2, 0) is 19.2 Å². The lowest BCUT2D eigenvalue weighted by Gasteiger charge is -2.24. The summed E-state index contributed by atoms with van der Waals surface area (Å²) in [5, 5.41) is 11.9. The summed E-state index contributed by atoms with van der Waals surface area (Å²) in [6, 6.07) is 11.6. The van der Waals surface area contributed by atoms with Gasteiger partial charge in [-0.25, -0.2) is 4.90 Å². The van der Waals surface area contributed by atoms with E-state index in [0.29, 0.717) is 35.0 Å². The Labute approximate surface area is 211 Å². The quantitative estimate of drug-likeness (QED) is 0.416. The highest BCUT2D eigenvalue weighted by Crippen LogP contribution is 2.37. The first-order valence-electron chi connectivity index (χ1n) is 10.9. The predicted molar refractivity (Wildman–Crippen MR) is 133 cm³/mol. The lowest BCUT2D eigenvalue weighted by atomic mass is 9.82. The molecule has 10 heteroatoms. The summed E-state index contributed by atoms with van der Waals surface area (Å²) >= 11 is 7.42. The molecule has 2 N–H and O–H groups in total. The maximum absolute atomic E-state index is 13.0. The number of carbonyl (C=O) groups excluding carboxylic acids is 3. The van der Waals surface area contributed by atoms with Gasteiger partial charge in [-0.1, -0.05) is 23.8 Å². The minimum Gasteiger partial charge on any atom is -0.495 e. The van der Waals surface area contributed by atoms with Gasteiger partial charge in [0.2, 0.25) is 17.7 Å². The molecule has 2 aromatic rings. The molecular formula is C25H23ClN2O6S.